The average molecular weight is 604 g/mol. The zero-order valence-corrected chi connectivity index (χ0v) is 24.8. The Hall–Kier alpha value is -4.27. The van der Waals surface area contributed by atoms with E-state index >= 15 is 0 Å². The first-order chi connectivity index (χ1) is 20.4. The molecule has 1 saturated carbocycles. The van der Waals surface area contributed by atoms with E-state index in [2.05, 4.69) is 21.4 Å². The molecule has 12 heteroatoms. The molecule has 2 aliphatic rings. The summed E-state index contributed by atoms with van der Waals surface area (Å²) in [5, 5.41) is 27.2. The molecule has 43 heavy (non-hydrogen) atoms. The number of hydrogen-bond donors (Lipinski definition) is 2. The second-order valence-electron chi connectivity index (χ2n) is 12.4. The van der Waals surface area contributed by atoms with Crippen molar-refractivity contribution < 1.29 is 19.0 Å². The molecule has 1 amide bonds. The molecular formula is C31H31ClFN7O3. The molecule has 1 aromatic carbocycles. The summed E-state index contributed by atoms with van der Waals surface area (Å²) in [6.07, 6.45) is 8.06. The SMILES string of the molecule is CC(C)(O)COc1cc(-c2cnc(N3C[C@@H]4CC(C)(NC(=O)c5c(F)cccc5Cl)C[C@@H]4C3)cn2)c2c(C#N)cnn2c1. The first kappa shape index (κ1) is 28.8. The topological polar surface area (TPSA) is 129 Å². The van der Waals surface area contributed by atoms with E-state index in [1.54, 1.807) is 43.0 Å². The number of aliphatic hydroxyl groups is 1. The lowest BCUT2D eigenvalue weighted by molar-refractivity contribution is 0.0283. The number of nitrogens with one attached hydrogen (secondary N) is 1. The van der Waals surface area contributed by atoms with Crippen molar-refractivity contribution in [3.8, 4) is 23.1 Å². The monoisotopic (exact) mass is 603 g/mol. The van der Waals surface area contributed by atoms with Crippen LogP contribution in [0.1, 0.15) is 49.5 Å². The van der Waals surface area contributed by atoms with Crippen LogP contribution in [-0.4, -0.2) is 61.4 Å². The Bertz CT molecular complexity index is 1710. The molecule has 1 aliphatic carbocycles. The van der Waals surface area contributed by atoms with Gasteiger partial charge in [0.05, 0.1) is 57.7 Å². The number of carbonyl (C=O) groups is 1. The van der Waals surface area contributed by atoms with Crippen LogP contribution in [0.15, 0.2) is 49.1 Å². The number of rotatable bonds is 7. The maximum Gasteiger partial charge on any atom is 0.256 e. The summed E-state index contributed by atoms with van der Waals surface area (Å²) < 4.78 is 21.7. The van der Waals surface area contributed by atoms with Gasteiger partial charge in [-0.25, -0.2) is 13.9 Å². The Morgan fingerprint density at radius 2 is 2.00 bits per heavy atom. The lowest BCUT2D eigenvalue weighted by atomic mass is 9.97. The molecular weight excluding hydrogens is 573 g/mol. The number of carbonyl (C=O) groups excluding carboxylic acids is 1. The Kier molecular flexibility index (Phi) is 7.22. The number of pyridine rings is 1. The van der Waals surface area contributed by atoms with Gasteiger partial charge in [-0.05, 0) is 63.6 Å². The van der Waals surface area contributed by atoms with E-state index < -0.39 is 22.9 Å². The Balaban J connectivity index is 1.17. The molecule has 222 valence electrons. The van der Waals surface area contributed by atoms with E-state index in [1.165, 1.54) is 24.4 Å². The number of benzene rings is 1. The predicted molar refractivity (Wildman–Crippen MR) is 158 cm³/mol. The van der Waals surface area contributed by atoms with Crippen molar-refractivity contribution in [2.75, 3.05) is 24.6 Å². The Morgan fingerprint density at radius 1 is 1.26 bits per heavy atom. The summed E-state index contributed by atoms with van der Waals surface area (Å²) in [6.45, 7) is 6.91. The van der Waals surface area contributed by atoms with Gasteiger partial charge in [0.2, 0.25) is 0 Å². The fourth-order valence-electron chi connectivity index (χ4n) is 6.32. The van der Waals surface area contributed by atoms with Gasteiger partial charge >= 0.3 is 0 Å². The van der Waals surface area contributed by atoms with Crippen LogP contribution in [0.4, 0.5) is 10.2 Å². The van der Waals surface area contributed by atoms with Crippen LogP contribution < -0.4 is 15.0 Å². The third-order valence-corrected chi connectivity index (χ3v) is 8.46. The van der Waals surface area contributed by atoms with Crippen LogP contribution >= 0.6 is 11.6 Å². The highest BCUT2D eigenvalue weighted by Gasteiger charge is 2.48. The van der Waals surface area contributed by atoms with Gasteiger partial charge in [0.15, 0.2) is 0 Å². The minimum Gasteiger partial charge on any atom is -0.489 e. The second kappa shape index (κ2) is 10.8. The molecule has 3 atom stereocenters. The molecule has 0 spiro atoms. The number of amides is 1. The minimum absolute atomic E-state index is 0.0752. The van der Waals surface area contributed by atoms with E-state index in [0.29, 0.717) is 39.9 Å². The molecule has 0 bridgehead atoms. The van der Waals surface area contributed by atoms with Gasteiger partial charge in [-0.15, -0.1) is 0 Å². The number of nitrogens with zero attached hydrogens (tertiary/aromatic N) is 6. The van der Waals surface area contributed by atoms with Crippen molar-refractivity contribution in [3.63, 3.8) is 0 Å². The van der Waals surface area contributed by atoms with Gasteiger partial charge in [0.1, 0.15) is 30.1 Å². The van der Waals surface area contributed by atoms with Crippen molar-refractivity contribution in [3.05, 3.63) is 71.0 Å². The molecule has 1 saturated heterocycles. The predicted octanol–water partition coefficient (Wildman–Crippen LogP) is 4.64. The van der Waals surface area contributed by atoms with Gasteiger partial charge in [-0.2, -0.15) is 10.4 Å². The molecule has 6 rings (SSSR count). The maximum absolute atomic E-state index is 14.3. The Morgan fingerprint density at radius 3 is 2.63 bits per heavy atom. The van der Waals surface area contributed by atoms with Gasteiger partial charge in [-0.3, -0.25) is 9.78 Å². The highest BCUT2D eigenvalue weighted by atomic mass is 35.5. The normalized spacial score (nSPS) is 21.6. The second-order valence-corrected chi connectivity index (χ2v) is 12.8. The zero-order valence-electron chi connectivity index (χ0n) is 24.0. The number of halogens is 2. The standard InChI is InChI=1S/C31H31ClFN7O3/c1-30(2,42)17-43-21-7-22(28-20(10-34)11-37-40(28)16-21)25-12-36-26(13-35-25)39-14-18-8-31(3,9-19(18)15-39)38-29(41)27-23(32)5-4-6-24(27)33/h4-7,11-13,16,18-19,42H,8-9,14-15,17H2,1-3H3,(H,38,41)/t18-,19+,31?. The average Bonchev–Trinajstić information content (AvgIpc) is 3.62. The van der Waals surface area contributed by atoms with Gasteiger partial charge < -0.3 is 20.1 Å². The number of ether oxygens (including phenoxy) is 1. The summed E-state index contributed by atoms with van der Waals surface area (Å²) >= 11 is 6.11. The lowest BCUT2D eigenvalue weighted by Crippen LogP contribution is -2.45. The molecule has 4 aromatic rings. The maximum atomic E-state index is 14.3. The molecule has 4 heterocycles. The first-order valence-electron chi connectivity index (χ1n) is 14.0. The largest absolute Gasteiger partial charge is 0.489 e. The smallest absolute Gasteiger partial charge is 0.256 e. The zero-order chi connectivity index (χ0) is 30.5. The molecule has 1 aliphatic heterocycles. The fraction of sp³-hybridized carbons (Fsp3) is 0.387. The molecule has 3 aromatic heterocycles. The summed E-state index contributed by atoms with van der Waals surface area (Å²) in [4.78, 5) is 24.5. The summed E-state index contributed by atoms with van der Waals surface area (Å²) in [7, 11) is 0. The van der Waals surface area contributed by atoms with Crippen molar-refractivity contribution in [2.24, 2.45) is 11.8 Å². The van der Waals surface area contributed by atoms with Crippen LogP contribution in [0.3, 0.4) is 0 Å². The number of aromatic nitrogens is 4. The lowest BCUT2D eigenvalue weighted by Gasteiger charge is -2.29. The minimum atomic E-state index is -1.02. The molecule has 1 unspecified atom stereocenters. The highest BCUT2D eigenvalue weighted by Crippen LogP contribution is 2.45. The van der Waals surface area contributed by atoms with Gasteiger partial charge in [0, 0.05) is 24.2 Å². The summed E-state index contributed by atoms with van der Waals surface area (Å²) in [5.74, 6) is 0.745. The van der Waals surface area contributed by atoms with Crippen molar-refractivity contribution >= 4 is 28.8 Å². The highest BCUT2D eigenvalue weighted by molar-refractivity contribution is 6.33. The third kappa shape index (κ3) is 5.72. The van der Waals surface area contributed by atoms with Crippen molar-refractivity contribution in [1.29, 1.82) is 5.26 Å². The van der Waals surface area contributed by atoms with Crippen LogP contribution in [0.2, 0.25) is 5.02 Å². The summed E-state index contributed by atoms with van der Waals surface area (Å²) in [6, 6.07) is 8.18. The molecule has 0 radical (unpaired) electrons. The van der Waals surface area contributed by atoms with E-state index in [1.807, 2.05) is 6.92 Å². The number of anilines is 1. The van der Waals surface area contributed by atoms with Crippen LogP contribution in [0, 0.1) is 29.0 Å². The van der Waals surface area contributed by atoms with Gasteiger partial charge in [-0.1, -0.05) is 17.7 Å². The number of hydrogen-bond acceptors (Lipinski definition) is 8. The van der Waals surface area contributed by atoms with Crippen LogP contribution in [0.5, 0.6) is 5.75 Å². The van der Waals surface area contributed by atoms with E-state index in [9.17, 15) is 19.6 Å². The number of fused-ring (bicyclic) bond motifs is 2. The van der Waals surface area contributed by atoms with Crippen molar-refractivity contribution in [2.45, 2.75) is 44.8 Å². The molecule has 2 N–H and O–H groups in total. The quantitative estimate of drug-likeness (QED) is 0.313. The fourth-order valence-corrected chi connectivity index (χ4v) is 6.57. The van der Waals surface area contributed by atoms with Gasteiger partial charge in [0.25, 0.3) is 5.91 Å². The van der Waals surface area contributed by atoms with E-state index in [-0.39, 0.29) is 17.2 Å². The van der Waals surface area contributed by atoms with Crippen LogP contribution in [-0.2, 0) is 0 Å². The molecule has 10 nitrogen and oxygen atoms in total. The van der Waals surface area contributed by atoms with E-state index in [0.717, 1.165) is 31.7 Å². The summed E-state index contributed by atoms with van der Waals surface area (Å²) in [5.41, 5.74) is 0.574. The molecule has 2 fully saturated rings. The first-order valence-corrected chi connectivity index (χ1v) is 14.4. The Labute approximate surface area is 253 Å². The third-order valence-electron chi connectivity index (χ3n) is 8.14. The van der Waals surface area contributed by atoms with Crippen molar-refractivity contribution in [1.82, 2.24) is 24.9 Å². The van der Waals surface area contributed by atoms with Crippen LogP contribution in [0.25, 0.3) is 16.8 Å². The number of nitriles is 1. The van der Waals surface area contributed by atoms with E-state index in [4.69, 9.17) is 26.3 Å².